The summed E-state index contributed by atoms with van der Waals surface area (Å²) in [5, 5.41) is 22.4. The Morgan fingerprint density at radius 1 is 1.14 bits per heavy atom. The minimum absolute atomic E-state index is 0.00197. The number of carbonyl (C=O) groups is 3. The van der Waals surface area contributed by atoms with Crippen molar-refractivity contribution in [3.63, 3.8) is 0 Å². The molecule has 0 bridgehead atoms. The van der Waals surface area contributed by atoms with Crippen LogP contribution in [0.3, 0.4) is 0 Å². The standard InChI is InChI=1S/C31H38O11/c1-13(2)22(34)27(36)40-26-24-20(14(3)31-25(42-31)23(35)21(30(26,31)6)15-7-8-37-11-15)29(5)16-9-18(32)38-12-28(16,4)41-19(33)10-17(29)39-24/h7-8,11,13,16-17,20-26,34-35H,3,9-10,12H2,1-2,4-6H3/t16-,17-,20+,21+,22?,23+,24+,25+,26-,28-,29+,30+,31+/m0/s1. The maximum absolute atomic E-state index is 13.5. The van der Waals surface area contributed by atoms with Crippen molar-refractivity contribution >= 4 is 17.9 Å². The molecule has 1 spiro atoms. The van der Waals surface area contributed by atoms with Crippen LogP contribution < -0.4 is 0 Å². The smallest absolute Gasteiger partial charge is 0.335 e. The molecule has 7 rings (SSSR count). The lowest BCUT2D eigenvalue weighted by Gasteiger charge is -2.56. The topological polar surface area (TPSA) is 154 Å². The average molecular weight is 587 g/mol. The molecule has 1 aromatic heterocycles. The number of carbonyl (C=O) groups excluding carboxylic acids is 3. The van der Waals surface area contributed by atoms with Gasteiger partial charge in [0.15, 0.2) is 6.10 Å². The molecular weight excluding hydrogens is 548 g/mol. The van der Waals surface area contributed by atoms with Crippen molar-refractivity contribution in [1.29, 1.82) is 0 Å². The summed E-state index contributed by atoms with van der Waals surface area (Å²) in [6.07, 6.45) is -2.53. The molecule has 1 unspecified atom stereocenters. The Hall–Kier alpha value is -2.73. The fraction of sp³-hybridized carbons (Fsp3) is 0.710. The van der Waals surface area contributed by atoms with Gasteiger partial charge < -0.3 is 38.3 Å². The molecule has 0 amide bonds. The van der Waals surface area contributed by atoms with Crippen molar-refractivity contribution in [3.8, 4) is 0 Å². The summed E-state index contributed by atoms with van der Waals surface area (Å²) in [4.78, 5) is 39.3. The number of fused-ring (bicyclic) bond motifs is 5. The van der Waals surface area contributed by atoms with E-state index in [2.05, 4.69) is 6.58 Å². The summed E-state index contributed by atoms with van der Waals surface area (Å²) in [6, 6.07) is 1.77. The van der Waals surface area contributed by atoms with Crippen LogP contribution in [0, 0.1) is 28.6 Å². The third-order valence-electron chi connectivity index (χ3n) is 11.6. The van der Waals surface area contributed by atoms with Crippen LogP contribution in [0.2, 0.25) is 0 Å². The van der Waals surface area contributed by atoms with Crippen molar-refractivity contribution in [1.82, 2.24) is 0 Å². The number of epoxide rings is 1. The van der Waals surface area contributed by atoms with Gasteiger partial charge in [0.25, 0.3) is 0 Å². The maximum Gasteiger partial charge on any atom is 0.335 e. The lowest BCUT2D eigenvalue weighted by Crippen LogP contribution is -2.65. The molecule has 6 aliphatic rings. The van der Waals surface area contributed by atoms with Crippen LogP contribution in [0.4, 0.5) is 0 Å². The zero-order valence-electron chi connectivity index (χ0n) is 24.4. The van der Waals surface area contributed by atoms with Crippen LogP contribution in [0.1, 0.15) is 58.9 Å². The summed E-state index contributed by atoms with van der Waals surface area (Å²) in [5.74, 6) is -3.72. The van der Waals surface area contributed by atoms with Crippen molar-refractivity contribution in [2.75, 3.05) is 6.61 Å². The summed E-state index contributed by atoms with van der Waals surface area (Å²) in [5.41, 5.74) is -2.80. The average Bonchev–Trinajstić information content (AvgIpc) is 3.27. The van der Waals surface area contributed by atoms with E-state index >= 15 is 0 Å². The lowest BCUT2D eigenvalue weighted by atomic mass is 9.49. The van der Waals surface area contributed by atoms with Gasteiger partial charge in [-0.1, -0.05) is 34.3 Å². The Morgan fingerprint density at radius 2 is 1.88 bits per heavy atom. The van der Waals surface area contributed by atoms with E-state index in [9.17, 15) is 24.6 Å². The number of aliphatic hydroxyl groups excluding tert-OH is 2. The summed E-state index contributed by atoms with van der Waals surface area (Å²) in [7, 11) is 0. The molecule has 4 aliphatic heterocycles. The molecule has 0 radical (unpaired) electrons. The van der Waals surface area contributed by atoms with Crippen LogP contribution in [-0.4, -0.2) is 82.6 Å². The fourth-order valence-corrected chi connectivity index (χ4v) is 9.58. The normalized spacial score (nSPS) is 49.5. The predicted octanol–water partition coefficient (Wildman–Crippen LogP) is 2.04. The van der Waals surface area contributed by atoms with E-state index in [4.69, 9.17) is 28.1 Å². The zero-order valence-corrected chi connectivity index (χ0v) is 24.4. The van der Waals surface area contributed by atoms with Gasteiger partial charge >= 0.3 is 17.9 Å². The van der Waals surface area contributed by atoms with Crippen LogP contribution in [0.15, 0.2) is 35.2 Å². The van der Waals surface area contributed by atoms with Gasteiger partial charge in [0.2, 0.25) is 0 Å². The molecule has 0 aromatic carbocycles. The van der Waals surface area contributed by atoms with Gasteiger partial charge in [-0.2, -0.15) is 0 Å². The summed E-state index contributed by atoms with van der Waals surface area (Å²) >= 11 is 0. The van der Waals surface area contributed by atoms with Crippen LogP contribution in [0.25, 0.3) is 0 Å². The van der Waals surface area contributed by atoms with Gasteiger partial charge in [-0.3, -0.25) is 9.59 Å². The van der Waals surface area contributed by atoms with Gasteiger partial charge in [-0.25, -0.2) is 4.79 Å². The van der Waals surface area contributed by atoms with Crippen molar-refractivity contribution in [3.05, 3.63) is 36.3 Å². The number of aliphatic hydroxyl groups is 2. The first-order valence-corrected chi connectivity index (χ1v) is 14.7. The van der Waals surface area contributed by atoms with Gasteiger partial charge in [0.1, 0.15) is 36.1 Å². The first-order valence-electron chi connectivity index (χ1n) is 14.7. The van der Waals surface area contributed by atoms with E-state index in [0.717, 1.165) is 0 Å². The van der Waals surface area contributed by atoms with E-state index in [1.165, 1.54) is 6.26 Å². The Balaban J connectivity index is 1.41. The molecule has 42 heavy (non-hydrogen) atoms. The maximum atomic E-state index is 13.5. The van der Waals surface area contributed by atoms with E-state index in [-0.39, 0.29) is 19.4 Å². The quantitative estimate of drug-likeness (QED) is 0.231. The molecule has 11 heteroatoms. The Labute approximate surface area is 243 Å². The Bertz CT molecular complexity index is 1350. The Kier molecular flexibility index (Phi) is 5.80. The first kappa shape index (κ1) is 28.1. The number of hydrogen-bond acceptors (Lipinski definition) is 11. The SMILES string of the molecule is C=C1[C@@H]2[C@@H](O[C@H]3CC(=O)O[C@@]4(C)COC(=O)C[C@@H]4[C@]32C)[C@H](OC(=O)C(O)C(C)C)[C@@]2(C)[C@H](c3ccoc3)[C@@H](O)[C@H]3O[C@]132. The number of rotatable bonds is 4. The highest BCUT2D eigenvalue weighted by Gasteiger charge is 2.88. The highest BCUT2D eigenvalue weighted by Crippen LogP contribution is 2.78. The second-order valence-corrected chi connectivity index (χ2v) is 14.0. The lowest BCUT2D eigenvalue weighted by molar-refractivity contribution is -0.205. The van der Waals surface area contributed by atoms with E-state index in [0.29, 0.717) is 11.1 Å². The van der Waals surface area contributed by atoms with Crippen molar-refractivity contribution in [2.45, 2.75) is 101 Å². The minimum atomic E-state index is -1.39. The molecule has 2 saturated carbocycles. The second kappa shape index (κ2) is 8.68. The summed E-state index contributed by atoms with van der Waals surface area (Å²) in [6.45, 7) is 13.6. The predicted molar refractivity (Wildman–Crippen MR) is 141 cm³/mol. The van der Waals surface area contributed by atoms with Gasteiger partial charge in [-0.15, -0.1) is 0 Å². The van der Waals surface area contributed by atoms with Crippen molar-refractivity contribution < 1.29 is 52.7 Å². The van der Waals surface area contributed by atoms with E-state index in [1.54, 1.807) is 33.1 Å². The highest BCUT2D eigenvalue weighted by molar-refractivity contribution is 5.76. The monoisotopic (exact) mass is 586 g/mol. The number of furan rings is 1. The molecule has 4 saturated heterocycles. The minimum Gasteiger partial charge on any atom is -0.472 e. The van der Waals surface area contributed by atoms with Crippen LogP contribution in [-0.2, 0) is 38.1 Å². The van der Waals surface area contributed by atoms with Crippen LogP contribution in [0.5, 0.6) is 0 Å². The van der Waals surface area contributed by atoms with Gasteiger partial charge in [-0.05, 0) is 30.0 Å². The van der Waals surface area contributed by atoms with E-state index in [1.807, 2.05) is 13.8 Å². The van der Waals surface area contributed by atoms with E-state index < -0.39 is 100 Å². The molecule has 2 N–H and O–H groups in total. The number of hydrogen-bond donors (Lipinski definition) is 2. The number of esters is 3. The molecule has 1 aromatic rings. The zero-order chi connectivity index (χ0) is 30.1. The number of ether oxygens (including phenoxy) is 5. The molecule has 13 atom stereocenters. The number of cyclic esters (lactones) is 1. The van der Waals surface area contributed by atoms with Crippen LogP contribution >= 0.6 is 0 Å². The van der Waals surface area contributed by atoms with Crippen molar-refractivity contribution in [2.24, 2.45) is 28.6 Å². The third kappa shape index (κ3) is 3.23. The highest BCUT2D eigenvalue weighted by atomic mass is 16.6. The van der Waals surface area contributed by atoms with Gasteiger partial charge in [0, 0.05) is 23.2 Å². The second-order valence-electron chi connectivity index (χ2n) is 14.0. The molecule has 2 aliphatic carbocycles. The molecule has 11 nitrogen and oxygen atoms in total. The third-order valence-corrected chi connectivity index (χ3v) is 11.6. The Morgan fingerprint density at radius 3 is 2.55 bits per heavy atom. The molecule has 5 heterocycles. The molecule has 228 valence electrons. The fourth-order valence-electron chi connectivity index (χ4n) is 9.58. The largest absolute Gasteiger partial charge is 0.472 e. The van der Waals surface area contributed by atoms with Gasteiger partial charge in [0.05, 0.1) is 43.0 Å². The summed E-state index contributed by atoms with van der Waals surface area (Å²) < 4.78 is 36.1. The molecular formula is C31H38O11. The molecule has 6 fully saturated rings. The first-order chi connectivity index (χ1) is 19.7.